The molecule has 0 aromatic rings. The Hall–Kier alpha value is -0.0800. The van der Waals surface area contributed by atoms with Crippen molar-refractivity contribution in [2.24, 2.45) is 11.7 Å². The maximum atomic E-state index is 6.45. The second-order valence-corrected chi connectivity index (χ2v) is 5.81. The summed E-state index contributed by atoms with van der Waals surface area (Å²) in [6.07, 6.45) is 11.2. The van der Waals surface area contributed by atoms with Crippen molar-refractivity contribution in [3.63, 3.8) is 0 Å². The van der Waals surface area contributed by atoms with Crippen LogP contribution in [0.15, 0.2) is 0 Å². The molecule has 2 nitrogen and oxygen atoms in total. The van der Waals surface area contributed by atoms with Gasteiger partial charge in [0.25, 0.3) is 0 Å². The zero-order valence-electron chi connectivity index (χ0n) is 11.8. The number of rotatable bonds is 8. The molecule has 0 atom stereocenters. The Bertz CT molecular complexity index is 185. The fourth-order valence-corrected chi connectivity index (χ4v) is 2.82. The van der Waals surface area contributed by atoms with E-state index in [4.69, 9.17) is 10.5 Å². The van der Waals surface area contributed by atoms with Crippen molar-refractivity contribution in [3.8, 4) is 0 Å². The van der Waals surface area contributed by atoms with Crippen LogP contribution < -0.4 is 5.73 Å². The Morgan fingerprint density at radius 2 is 1.82 bits per heavy atom. The first kappa shape index (κ1) is 15.0. The van der Waals surface area contributed by atoms with Crippen LogP contribution in [0.4, 0.5) is 0 Å². The van der Waals surface area contributed by atoms with Gasteiger partial charge < -0.3 is 10.5 Å². The minimum Gasteiger partial charge on any atom is -0.381 e. The van der Waals surface area contributed by atoms with E-state index in [0.29, 0.717) is 0 Å². The average Bonchev–Trinajstić information content (AvgIpc) is 2.33. The number of nitrogens with two attached hydrogens (primary N) is 1. The fraction of sp³-hybridized carbons (Fsp3) is 1.00. The zero-order valence-corrected chi connectivity index (χ0v) is 11.8. The molecule has 1 rings (SSSR count). The topological polar surface area (TPSA) is 35.2 Å². The number of unbranched alkanes of at least 4 members (excludes halogenated alkanes) is 1. The molecular formula is C15H31NO. The monoisotopic (exact) mass is 241 g/mol. The third-order valence-electron chi connectivity index (χ3n) is 4.18. The summed E-state index contributed by atoms with van der Waals surface area (Å²) in [5, 5.41) is 0. The van der Waals surface area contributed by atoms with Crippen molar-refractivity contribution in [1.82, 2.24) is 0 Å². The normalized spacial score (nSPS) is 29.5. The summed E-state index contributed by atoms with van der Waals surface area (Å²) in [5.74, 6) is 0.942. The van der Waals surface area contributed by atoms with Crippen molar-refractivity contribution in [2.75, 3.05) is 13.2 Å². The first-order valence-corrected chi connectivity index (χ1v) is 7.57. The second-order valence-electron chi connectivity index (χ2n) is 5.81. The van der Waals surface area contributed by atoms with Crippen LogP contribution in [0.5, 0.6) is 0 Å². The molecule has 1 saturated carbocycles. The largest absolute Gasteiger partial charge is 0.381 e. The third-order valence-corrected chi connectivity index (χ3v) is 4.18. The molecule has 2 heteroatoms. The Labute approximate surface area is 107 Å². The van der Waals surface area contributed by atoms with Gasteiger partial charge in [0.15, 0.2) is 0 Å². The van der Waals surface area contributed by atoms with Crippen molar-refractivity contribution >= 4 is 0 Å². The smallest absolute Gasteiger partial charge is 0.0483 e. The Balaban J connectivity index is 2.11. The average molecular weight is 241 g/mol. The van der Waals surface area contributed by atoms with Crippen molar-refractivity contribution < 1.29 is 4.74 Å². The van der Waals surface area contributed by atoms with Crippen molar-refractivity contribution in [3.05, 3.63) is 0 Å². The number of hydrogen-bond donors (Lipinski definition) is 1. The summed E-state index contributed by atoms with van der Waals surface area (Å²) in [5.41, 5.74) is 6.53. The molecule has 2 N–H and O–H groups in total. The van der Waals surface area contributed by atoms with E-state index in [-0.39, 0.29) is 5.54 Å². The predicted octanol–water partition coefficient (Wildman–Crippen LogP) is 3.88. The molecule has 0 aromatic heterocycles. The molecule has 0 aliphatic heterocycles. The fourth-order valence-electron chi connectivity index (χ4n) is 2.82. The predicted molar refractivity (Wildman–Crippen MR) is 74.1 cm³/mol. The van der Waals surface area contributed by atoms with E-state index in [1.807, 2.05) is 0 Å². The molecule has 0 aromatic carbocycles. The summed E-state index contributed by atoms with van der Waals surface area (Å²) >= 11 is 0. The highest BCUT2D eigenvalue weighted by atomic mass is 16.5. The lowest BCUT2D eigenvalue weighted by molar-refractivity contribution is 0.0967. The zero-order chi connectivity index (χ0) is 12.6. The highest BCUT2D eigenvalue weighted by molar-refractivity contribution is 4.89. The van der Waals surface area contributed by atoms with Gasteiger partial charge in [-0.15, -0.1) is 0 Å². The van der Waals surface area contributed by atoms with Crippen molar-refractivity contribution in [2.45, 2.75) is 77.2 Å². The summed E-state index contributed by atoms with van der Waals surface area (Å²) in [6.45, 7) is 6.24. The molecule has 0 amide bonds. The molecule has 1 aliphatic carbocycles. The molecule has 0 heterocycles. The first-order valence-electron chi connectivity index (χ1n) is 7.57. The molecule has 0 radical (unpaired) electrons. The lowest BCUT2D eigenvalue weighted by Gasteiger charge is -2.37. The van der Waals surface area contributed by atoms with Gasteiger partial charge in [0.05, 0.1) is 0 Å². The molecule has 0 spiro atoms. The highest BCUT2D eigenvalue weighted by Gasteiger charge is 2.30. The van der Waals surface area contributed by atoms with E-state index < -0.39 is 0 Å². The van der Waals surface area contributed by atoms with Gasteiger partial charge >= 0.3 is 0 Å². The first-order chi connectivity index (χ1) is 8.20. The minimum atomic E-state index is 0.0798. The summed E-state index contributed by atoms with van der Waals surface area (Å²) in [7, 11) is 0. The van der Waals surface area contributed by atoms with Gasteiger partial charge in [0.1, 0.15) is 0 Å². The summed E-state index contributed by atoms with van der Waals surface area (Å²) < 4.78 is 5.64. The van der Waals surface area contributed by atoms with E-state index in [2.05, 4.69) is 13.8 Å². The molecule has 1 fully saturated rings. The summed E-state index contributed by atoms with van der Waals surface area (Å²) in [4.78, 5) is 0. The maximum absolute atomic E-state index is 6.45. The van der Waals surface area contributed by atoms with Gasteiger partial charge in [-0.05, 0) is 44.4 Å². The van der Waals surface area contributed by atoms with Gasteiger partial charge in [0, 0.05) is 18.8 Å². The Kier molecular flexibility index (Phi) is 7.14. The minimum absolute atomic E-state index is 0.0798. The molecule has 0 saturated heterocycles. The summed E-state index contributed by atoms with van der Waals surface area (Å²) in [6, 6.07) is 0. The van der Waals surface area contributed by atoms with E-state index in [1.165, 1.54) is 51.4 Å². The molecule has 1 aliphatic rings. The SMILES string of the molecule is CCCCOCCC1(N)CCC(CCC)CC1. The van der Waals surface area contributed by atoms with Gasteiger partial charge in [0.2, 0.25) is 0 Å². The van der Waals surface area contributed by atoms with E-state index in [9.17, 15) is 0 Å². The maximum Gasteiger partial charge on any atom is 0.0483 e. The highest BCUT2D eigenvalue weighted by Crippen LogP contribution is 2.34. The number of ether oxygens (including phenoxy) is 1. The van der Waals surface area contributed by atoms with Crippen LogP contribution in [-0.4, -0.2) is 18.8 Å². The van der Waals surface area contributed by atoms with Gasteiger partial charge in [-0.2, -0.15) is 0 Å². The second kappa shape index (κ2) is 8.10. The van der Waals surface area contributed by atoms with Gasteiger partial charge in [-0.25, -0.2) is 0 Å². The van der Waals surface area contributed by atoms with Crippen LogP contribution >= 0.6 is 0 Å². The number of hydrogen-bond acceptors (Lipinski definition) is 2. The quantitative estimate of drug-likeness (QED) is 0.654. The van der Waals surface area contributed by atoms with Crippen LogP contribution in [0.3, 0.4) is 0 Å². The molecule has 0 bridgehead atoms. The molecule has 102 valence electrons. The van der Waals surface area contributed by atoms with Gasteiger partial charge in [-0.1, -0.05) is 33.1 Å². The van der Waals surface area contributed by atoms with Gasteiger partial charge in [-0.3, -0.25) is 0 Å². The molecule has 0 unspecified atom stereocenters. The van der Waals surface area contributed by atoms with Crippen LogP contribution in [0.1, 0.15) is 71.6 Å². The molecular weight excluding hydrogens is 210 g/mol. The van der Waals surface area contributed by atoms with E-state index in [0.717, 1.165) is 25.6 Å². The van der Waals surface area contributed by atoms with Crippen LogP contribution in [0.25, 0.3) is 0 Å². The Morgan fingerprint density at radius 3 is 2.41 bits per heavy atom. The van der Waals surface area contributed by atoms with Crippen LogP contribution in [0, 0.1) is 5.92 Å². The molecule has 17 heavy (non-hydrogen) atoms. The van der Waals surface area contributed by atoms with Crippen LogP contribution in [-0.2, 0) is 4.74 Å². The van der Waals surface area contributed by atoms with E-state index in [1.54, 1.807) is 0 Å². The van der Waals surface area contributed by atoms with E-state index >= 15 is 0 Å². The lowest BCUT2D eigenvalue weighted by atomic mass is 9.74. The van der Waals surface area contributed by atoms with Crippen molar-refractivity contribution in [1.29, 1.82) is 0 Å². The Morgan fingerprint density at radius 1 is 1.12 bits per heavy atom. The lowest BCUT2D eigenvalue weighted by Crippen LogP contribution is -2.44. The van der Waals surface area contributed by atoms with Crippen LogP contribution in [0.2, 0.25) is 0 Å². The standard InChI is InChI=1S/C15H31NO/c1-3-5-12-17-13-11-15(16)9-7-14(6-4-2)8-10-15/h14H,3-13,16H2,1-2H3. The third kappa shape index (κ3) is 5.87.